The number of hydrogen-bond donors (Lipinski definition) is 2. The summed E-state index contributed by atoms with van der Waals surface area (Å²) in [5.74, 6) is -0.867. The standard InChI is InChI=1S/C23H23F2N3O4/c24-21(25)32-17-10-8-16(9-11-17)19(15-6-2-1-3-7-15)26-18(29)14-28-20(30)23(27-22(28)31)12-4-5-13-23/h1-3,6-11,19,21H,4-5,12-14H2,(H,26,29)(H,27,31). The molecule has 2 aliphatic rings. The number of carbonyl (C=O) groups excluding carboxylic acids is 3. The Hall–Kier alpha value is -3.49. The summed E-state index contributed by atoms with van der Waals surface area (Å²) in [6, 6.07) is 13.9. The largest absolute Gasteiger partial charge is 0.435 e. The molecule has 0 radical (unpaired) electrons. The number of imide groups is 1. The number of urea groups is 1. The van der Waals surface area contributed by atoms with Gasteiger partial charge in [0.1, 0.15) is 17.8 Å². The van der Waals surface area contributed by atoms with Gasteiger partial charge in [-0.1, -0.05) is 55.3 Å². The summed E-state index contributed by atoms with van der Waals surface area (Å²) < 4.78 is 29.3. The number of ether oxygens (including phenoxy) is 1. The Morgan fingerprint density at radius 3 is 2.28 bits per heavy atom. The molecule has 1 unspecified atom stereocenters. The molecule has 4 amide bonds. The zero-order chi connectivity index (χ0) is 22.7. The molecule has 0 aromatic heterocycles. The Bertz CT molecular complexity index is 992. The fourth-order valence-electron chi connectivity index (χ4n) is 4.33. The molecule has 1 heterocycles. The fourth-order valence-corrected chi connectivity index (χ4v) is 4.33. The van der Waals surface area contributed by atoms with Crippen molar-refractivity contribution in [1.82, 2.24) is 15.5 Å². The van der Waals surface area contributed by atoms with Crippen LogP contribution in [0.3, 0.4) is 0 Å². The van der Waals surface area contributed by atoms with Crippen molar-refractivity contribution in [2.24, 2.45) is 0 Å². The number of carbonyl (C=O) groups is 3. The van der Waals surface area contributed by atoms with Crippen LogP contribution in [0, 0.1) is 0 Å². The first-order chi connectivity index (χ1) is 15.4. The van der Waals surface area contributed by atoms with Gasteiger partial charge in [0.2, 0.25) is 5.91 Å². The topological polar surface area (TPSA) is 87.7 Å². The molecule has 7 nitrogen and oxygen atoms in total. The van der Waals surface area contributed by atoms with E-state index in [0.29, 0.717) is 18.4 Å². The van der Waals surface area contributed by atoms with Crippen LogP contribution in [-0.4, -0.2) is 41.4 Å². The predicted molar refractivity (Wildman–Crippen MR) is 111 cm³/mol. The van der Waals surface area contributed by atoms with Gasteiger partial charge in [-0.3, -0.25) is 14.5 Å². The first-order valence-electron chi connectivity index (χ1n) is 10.4. The van der Waals surface area contributed by atoms with Gasteiger partial charge in [0, 0.05) is 0 Å². The molecule has 1 saturated heterocycles. The third-order valence-electron chi connectivity index (χ3n) is 5.88. The summed E-state index contributed by atoms with van der Waals surface area (Å²) in [7, 11) is 0. The lowest BCUT2D eigenvalue weighted by atomic mass is 9.98. The van der Waals surface area contributed by atoms with Crippen molar-refractivity contribution in [3.8, 4) is 5.75 Å². The van der Waals surface area contributed by atoms with E-state index in [4.69, 9.17) is 0 Å². The average Bonchev–Trinajstić information content (AvgIpc) is 3.33. The van der Waals surface area contributed by atoms with Crippen LogP contribution in [0.4, 0.5) is 13.6 Å². The van der Waals surface area contributed by atoms with E-state index in [-0.39, 0.29) is 11.7 Å². The van der Waals surface area contributed by atoms with Crippen molar-refractivity contribution in [3.05, 3.63) is 65.7 Å². The number of hydrogen-bond acceptors (Lipinski definition) is 4. The van der Waals surface area contributed by atoms with Crippen LogP contribution < -0.4 is 15.4 Å². The summed E-state index contributed by atoms with van der Waals surface area (Å²) in [5, 5.41) is 5.61. The van der Waals surface area contributed by atoms with Crippen molar-refractivity contribution >= 4 is 17.8 Å². The van der Waals surface area contributed by atoms with Crippen LogP contribution in [0.5, 0.6) is 5.75 Å². The maximum Gasteiger partial charge on any atom is 0.387 e. The lowest BCUT2D eigenvalue weighted by Crippen LogP contribution is -2.45. The lowest BCUT2D eigenvalue weighted by molar-refractivity contribution is -0.135. The number of alkyl halides is 2. The molecular formula is C23H23F2N3O4. The van der Waals surface area contributed by atoms with E-state index in [0.717, 1.165) is 23.3 Å². The lowest BCUT2D eigenvalue weighted by Gasteiger charge is -2.22. The zero-order valence-electron chi connectivity index (χ0n) is 17.2. The van der Waals surface area contributed by atoms with Gasteiger partial charge >= 0.3 is 12.6 Å². The monoisotopic (exact) mass is 443 g/mol. The molecule has 1 saturated carbocycles. The highest BCUT2D eigenvalue weighted by Crippen LogP contribution is 2.35. The van der Waals surface area contributed by atoms with E-state index in [9.17, 15) is 23.2 Å². The SMILES string of the molecule is O=C(CN1C(=O)NC2(CCCC2)C1=O)NC(c1ccccc1)c1ccc(OC(F)F)cc1. The van der Waals surface area contributed by atoms with E-state index in [1.165, 1.54) is 12.1 Å². The van der Waals surface area contributed by atoms with Gasteiger partial charge in [0.25, 0.3) is 5.91 Å². The minimum Gasteiger partial charge on any atom is -0.435 e. The maximum absolute atomic E-state index is 12.9. The number of nitrogens with one attached hydrogen (secondary N) is 2. The van der Waals surface area contributed by atoms with Gasteiger partial charge < -0.3 is 15.4 Å². The third kappa shape index (κ3) is 4.42. The number of rotatable bonds is 7. The molecule has 4 rings (SSSR count). The Morgan fingerprint density at radius 2 is 1.66 bits per heavy atom. The molecule has 9 heteroatoms. The van der Waals surface area contributed by atoms with Crippen molar-refractivity contribution in [3.63, 3.8) is 0 Å². The van der Waals surface area contributed by atoms with Gasteiger partial charge in [-0.25, -0.2) is 4.79 Å². The van der Waals surface area contributed by atoms with Crippen LogP contribution in [0.15, 0.2) is 54.6 Å². The predicted octanol–water partition coefficient (Wildman–Crippen LogP) is 3.36. The number of amides is 4. The van der Waals surface area contributed by atoms with E-state index in [1.807, 2.05) is 30.3 Å². The van der Waals surface area contributed by atoms with Crippen molar-refractivity contribution < 1.29 is 27.9 Å². The smallest absolute Gasteiger partial charge is 0.387 e. The van der Waals surface area contributed by atoms with Crippen LogP contribution in [0.25, 0.3) is 0 Å². The molecule has 1 atom stereocenters. The minimum atomic E-state index is -2.93. The second-order valence-electron chi connectivity index (χ2n) is 7.97. The van der Waals surface area contributed by atoms with Gasteiger partial charge in [0.05, 0.1) is 6.04 Å². The summed E-state index contributed by atoms with van der Waals surface area (Å²) >= 11 is 0. The fraction of sp³-hybridized carbons (Fsp3) is 0.348. The summed E-state index contributed by atoms with van der Waals surface area (Å²) in [4.78, 5) is 39.0. The molecule has 2 fully saturated rings. The summed E-state index contributed by atoms with van der Waals surface area (Å²) in [6.07, 6.45) is 2.87. The number of halogens is 2. The van der Waals surface area contributed by atoms with Crippen molar-refractivity contribution in [1.29, 1.82) is 0 Å². The van der Waals surface area contributed by atoms with E-state index >= 15 is 0 Å². The Kier molecular flexibility index (Phi) is 6.07. The summed E-state index contributed by atoms with van der Waals surface area (Å²) in [6.45, 7) is -3.33. The highest BCUT2D eigenvalue weighted by Gasteiger charge is 2.52. The number of benzene rings is 2. The third-order valence-corrected chi connectivity index (χ3v) is 5.88. The molecule has 2 aromatic rings. The molecular weight excluding hydrogens is 420 g/mol. The highest BCUT2D eigenvalue weighted by atomic mass is 19.3. The van der Waals surface area contributed by atoms with Gasteiger partial charge in [-0.15, -0.1) is 0 Å². The molecule has 168 valence electrons. The summed E-state index contributed by atoms with van der Waals surface area (Å²) in [5.41, 5.74) is 0.514. The van der Waals surface area contributed by atoms with Crippen molar-refractivity contribution in [2.45, 2.75) is 43.9 Å². The normalized spacial score (nSPS) is 18.2. The minimum absolute atomic E-state index is 0.00286. The zero-order valence-corrected chi connectivity index (χ0v) is 17.2. The van der Waals surface area contributed by atoms with Gasteiger partial charge in [0.15, 0.2) is 0 Å². The molecule has 2 aromatic carbocycles. The van der Waals surface area contributed by atoms with Crippen LogP contribution >= 0.6 is 0 Å². The van der Waals surface area contributed by atoms with Gasteiger partial charge in [-0.05, 0) is 36.1 Å². The molecule has 1 aliphatic heterocycles. The first kappa shape index (κ1) is 21.7. The highest BCUT2D eigenvalue weighted by molar-refractivity contribution is 6.09. The van der Waals surface area contributed by atoms with Crippen LogP contribution in [-0.2, 0) is 9.59 Å². The Morgan fingerprint density at radius 1 is 1.03 bits per heavy atom. The second kappa shape index (κ2) is 8.94. The maximum atomic E-state index is 12.9. The van der Waals surface area contributed by atoms with Crippen LogP contribution in [0.2, 0.25) is 0 Å². The van der Waals surface area contributed by atoms with E-state index in [2.05, 4.69) is 15.4 Å². The van der Waals surface area contributed by atoms with E-state index < -0.39 is 36.7 Å². The molecule has 32 heavy (non-hydrogen) atoms. The first-order valence-corrected chi connectivity index (χ1v) is 10.4. The van der Waals surface area contributed by atoms with Gasteiger partial charge in [-0.2, -0.15) is 8.78 Å². The Balaban J connectivity index is 1.51. The average molecular weight is 443 g/mol. The number of nitrogens with zero attached hydrogens (tertiary/aromatic N) is 1. The van der Waals surface area contributed by atoms with Crippen LogP contribution in [0.1, 0.15) is 42.9 Å². The van der Waals surface area contributed by atoms with E-state index in [1.54, 1.807) is 12.1 Å². The Labute approximate surface area is 183 Å². The second-order valence-corrected chi connectivity index (χ2v) is 7.97. The molecule has 1 aliphatic carbocycles. The molecule has 0 bridgehead atoms. The molecule has 2 N–H and O–H groups in total. The molecule has 1 spiro atoms. The van der Waals surface area contributed by atoms with Crippen molar-refractivity contribution in [2.75, 3.05) is 6.54 Å². The quantitative estimate of drug-likeness (QED) is 0.643.